The van der Waals surface area contributed by atoms with Crippen LogP contribution in [0.2, 0.25) is 0 Å². The Hall–Kier alpha value is -0.410. The normalized spacial score (nSPS) is 12.2. The van der Waals surface area contributed by atoms with Crippen molar-refractivity contribution in [3.05, 3.63) is 34.1 Å². The molecule has 0 aromatic heterocycles. The van der Waals surface area contributed by atoms with E-state index >= 15 is 0 Å². The van der Waals surface area contributed by atoms with Crippen molar-refractivity contribution in [2.24, 2.45) is 5.41 Å². The maximum absolute atomic E-state index is 13.2. The zero-order valence-electron chi connectivity index (χ0n) is 11.7. The van der Waals surface area contributed by atoms with Gasteiger partial charge in [-0.1, -0.05) is 43.6 Å². The minimum absolute atomic E-state index is 0.163. The Labute approximate surface area is 118 Å². The van der Waals surface area contributed by atoms with Crippen molar-refractivity contribution in [1.82, 2.24) is 5.32 Å². The largest absolute Gasteiger partial charge is 0.315 e. The minimum atomic E-state index is -0.163. The molecule has 0 spiro atoms. The van der Waals surface area contributed by atoms with Gasteiger partial charge in [0.15, 0.2) is 0 Å². The molecule has 0 saturated carbocycles. The van der Waals surface area contributed by atoms with E-state index in [1.54, 1.807) is 12.1 Å². The predicted octanol–water partition coefficient (Wildman–Crippen LogP) is 4.55. The lowest BCUT2D eigenvalue weighted by Crippen LogP contribution is -2.28. The van der Waals surface area contributed by atoms with Crippen LogP contribution in [0, 0.1) is 11.2 Å². The highest BCUT2D eigenvalue weighted by Crippen LogP contribution is 2.29. The fraction of sp³-hybridized carbons (Fsp3) is 0.600. The van der Waals surface area contributed by atoms with Gasteiger partial charge in [0.05, 0.1) is 0 Å². The van der Waals surface area contributed by atoms with Gasteiger partial charge in [-0.15, -0.1) is 0 Å². The Morgan fingerprint density at radius 1 is 1.33 bits per heavy atom. The van der Waals surface area contributed by atoms with Crippen molar-refractivity contribution < 1.29 is 4.39 Å². The summed E-state index contributed by atoms with van der Waals surface area (Å²) in [4.78, 5) is 0. The average molecular weight is 316 g/mol. The number of benzene rings is 1. The second-order valence-corrected chi connectivity index (χ2v) is 6.79. The standard InChI is InChI=1S/C15H23BrFN/c1-11(2)18-8-7-15(3,4)10-12-9-13(17)5-6-14(12)16/h5-6,9,11,18H,7-8,10H2,1-4H3. The van der Waals surface area contributed by atoms with Crippen molar-refractivity contribution in [3.8, 4) is 0 Å². The molecule has 0 saturated heterocycles. The molecule has 102 valence electrons. The summed E-state index contributed by atoms with van der Waals surface area (Å²) in [5.41, 5.74) is 1.21. The second-order valence-electron chi connectivity index (χ2n) is 5.94. The Bertz CT molecular complexity index is 388. The van der Waals surface area contributed by atoms with E-state index in [-0.39, 0.29) is 11.2 Å². The molecule has 1 rings (SSSR count). The maximum Gasteiger partial charge on any atom is 0.123 e. The Kier molecular flexibility index (Phi) is 5.80. The first-order chi connectivity index (χ1) is 8.30. The molecule has 1 nitrogen and oxygen atoms in total. The van der Waals surface area contributed by atoms with E-state index in [1.807, 2.05) is 0 Å². The summed E-state index contributed by atoms with van der Waals surface area (Å²) in [7, 11) is 0. The second kappa shape index (κ2) is 6.67. The van der Waals surface area contributed by atoms with E-state index in [4.69, 9.17) is 0 Å². The maximum atomic E-state index is 13.2. The molecule has 0 aliphatic rings. The van der Waals surface area contributed by atoms with Crippen LogP contribution in [0.5, 0.6) is 0 Å². The lowest BCUT2D eigenvalue weighted by molar-refractivity contribution is 0.320. The van der Waals surface area contributed by atoms with Gasteiger partial charge in [-0.05, 0) is 48.6 Å². The summed E-state index contributed by atoms with van der Waals surface area (Å²) < 4.78 is 14.2. The summed E-state index contributed by atoms with van der Waals surface area (Å²) in [6.07, 6.45) is 1.96. The lowest BCUT2D eigenvalue weighted by atomic mass is 9.82. The van der Waals surface area contributed by atoms with Crippen molar-refractivity contribution >= 4 is 15.9 Å². The molecule has 0 bridgehead atoms. The summed E-state index contributed by atoms with van der Waals surface area (Å²) in [6.45, 7) is 9.75. The molecule has 0 fully saturated rings. The molecule has 0 amide bonds. The summed E-state index contributed by atoms with van der Waals surface area (Å²) in [5, 5.41) is 3.43. The number of halogens is 2. The molecule has 1 aromatic rings. The highest BCUT2D eigenvalue weighted by molar-refractivity contribution is 9.10. The predicted molar refractivity (Wildman–Crippen MR) is 79.3 cm³/mol. The van der Waals surface area contributed by atoms with Crippen LogP contribution >= 0.6 is 15.9 Å². The van der Waals surface area contributed by atoms with Crippen LogP contribution in [0.1, 0.15) is 39.7 Å². The molecule has 1 N–H and O–H groups in total. The van der Waals surface area contributed by atoms with Crippen LogP contribution in [0.25, 0.3) is 0 Å². The smallest absolute Gasteiger partial charge is 0.123 e. The van der Waals surface area contributed by atoms with Crippen molar-refractivity contribution in [3.63, 3.8) is 0 Å². The van der Waals surface area contributed by atoms with Crippen LogP contribution in [-0.4, -0.2) is 12.6 Å². The zero-order chi connectivity index (χ0) is 13.8. The topological polar surface area (TPSA) is 12.0 Å². The van der Waals surface area contributed by atoms with Crippen LogP contribution in [0.4, 0.5) is 4.39 Å². The van der Waals surface area contributed by atoms with E-state index in [9.17, 15) is 4.39 Å². The third-order valence-electron chi connectivity index (χ3n) is 3.03. The van der Waals surface area contributed by atoms with E-state index in [1.165, 1.54) is 6.07 Å². The quantitative estimate of drug-likeness (QED) is 0.812. The van der Waals surface area contributed by atoms with Gasteiger partial charge in [-0.25, -0.2) is 4.39 Å². The first-order valence-electron chi connectivity index (χ1n) is 6.47. The molecule has 1 aromatic carbocycles. The molecular formula is C15H23BrFN. The lowest BCUT2D eigenvalue weighted by Gasteiger charge is -2.26. The van der Waals surface area contributed by atoms with Crippen LogP contribution in [0.15, 0.2) is 22.7 Å². The van der Waals surface area contributed by atoms with Crippen molar-refractivity contribution in [2.45, 2.75) is 46.6 Å². The molecule has 0 unspecified atom stereocenters. The van der Waals surface area contributed by atoms with Crippen LogP contribution in [-0.2, 0) is 6.42 Å². The third-order valence-corrected chi connectivity index (χ3v) is 3.80. The van der Waals surface area contributed by atoms with Gasteiger partial charge in [-0.3, -0.25) is 0 Å². The Balaban J connectivity index is 2.61. The van der Waals surface area contributed by atoms with Gasteiger partial charge < -0.3 is 5.32 Å². The number of rotatable bonds is 6. The molecule has 0 radical (unpaired) electrons. The number of nitrogens with one attached hydrogen (secondary N) is 1. The Morgan fingerprint density at radius 3 is 2.61 bits per heavy atom. The molecule has 0 atom stereocenters. The fourth-order valence-electron chi connectivity index (χ4n) is 1.98. The summed E-state index contributed by atoms with van der Waals surface area (Å²) in [6, 6.07) is 5.41. The SMILES string of the molecule is CC(C)NCCC(C)(C)Cc1cc(F)ccc1Br. The van der Waals surface area contributed by atoms with Gasteiger partial charge in [0.1, 0.15) is 5.82 Å². The molecule has 3 heteroatoms. The van der Waals surface area contributed by atoms with Gasteiger partial charge in [0.2, 0.25) is 0 Å². The minimum Gasteiger partial charge on any atom is -0.315 e. The molecule has 0 heterocycles. The van der Waals surface area contributed by atoms with E-state index in [2.05, 4.69) is 48.9 Å². The van der Waals surface area contributed by atoms with E-state index < -0.39 is 0 Å². The third kappa shape index (κ3) is 5.49. The Morgan fingerprint density at radius 2 is 2.00 bits per heavy atom. The van der Waals surface area contributed by atoms with E-state index in [0.717, 1.165) is 29.4 Å². The highest BCUT2D eigenvalue weighted by Gasteiger charge is 2.19. The molecule has 0 aliphatic carbocycles. The summed E-state index contributed by atoms with van der Waals surface area (Å²) >= 11 is 3.49. The van der Waals surface area contributed by atoms with Crippen molar-refractivity contribution in [1.29, 1.82) is 0 Å². The number of hydrogen-bond acceptors (Lipinski definition) is 1. The fourth-order valence-corrected chi connectivity index (χ4v) is 2.37. The zero-order valence-corrected chi connectivity index (χ0v) is 13.3. The van der Waals surface area contributed by atoms with Gasteiger partial charge in [0.25, 0.3) is 0 Å². The highest BCUT2D eigenvalue weighted by atomic mass is 79.9. The molecular weight excluding hydrogens is 293 g/mol. The van der Waals surface area contributed by atoms with Gasteiger partial charge in [-0.2, -0.15) is 0 Å². The molecule has 18 heavy (non-hydrogen) atoms. The summed E-state index contributed by atoms with van der Waals surface area (Å²) in [5.74, 6) is -0.163. The van der Waals surface area contributed by atoms with E-state index in [0.29, 0.717) is 6.04 Å². The number of hydrogen-bond donors (Lipinski definition) is 1. The van der Waals surface area contributed by atoms with Crippen LogP contribution in [0.3, 0.4) is 0 Å². The van der Waals surface area contributed by atoms with Gasteiger partial charge in [0, 0.05) is 10.5 Å². The first kappa shape index (κ1) is 15.6. The van der Waals surface area contributed by atoms with Gasteiger partial charge >= 0.3 is 0 Å². The molecule has 0 aliphatic heterocycles. The average Bonchev–Trinajstić information content (AvgIpc) is 2.22. The first-order valence-corrected chi connectivity index (χ1v) is 7.27. The monoisotopic (exact) mass is 315 g/mol. The van der Waals surface area contributed by atoms with Crippen LogP contribution < -0.4 is 5.32 Å². The van der Waals surface area contributed by atoms with Crippen molar-refractivity contribution in [2.75, 3.05) is 6.54 Å².